The molecule has 0 atom stereocenters. The maximum atomic E-state index is 12.1. The summed E-state index contributed by atoms with van der Waals surface area (Å²) in [7, 11) is 0. The molecule has 0 fully saturated rings. The summed E-state index contributed by atoms with van der Waals surface area (Å²) < 4.78 is 0. The van der Waals surface area contributed by atoms with Crippen LogP contribution in [0.15, 0.2) is 36.7 Å². The van der Waals surface area contributed by atoms with Crippen molar-refractivity contribution in [3.05, 3.63) is 48.0 Å². The highest BCUT2D eigenvalue weighted by atomic mass is 16.2. The standard InChI is InChI=1S/C14H14N4O/c15-11-3-4-12-10(8-11)2-5-14(19)18(12)9-13-16-6-1-7-17-13/h1,3-4,6-8H,2,5,9,15H2. The second-order valence-corrected chi connectivity index (χ2v) is 4.53. The van der Waals surface area contributed by atoms with Crippen LogP contribution >= 0.6 is 0 Å². The van der Waals surface area contributed by atoms with Crippen molar-refractivity contribution in [2.75, 3.05) is 10.6 Å². The molecular formula is C14H14N4O. The highest BCUT2D eigenvalue weighted by Crippen LogP contribution is 2.30. The minimum absolute atomic E-state index is 0.102. The van der Waals surface area contributed by atoms with Crippen molar-refractivity contribution in [2.45, 2.75) is 19.4 Å². The lowest BCUT2D eigenvalue weighted by molar-refractivity contribution is -0.119. The number of anilines is 2. The Balaban J connectivity index is 1.95. The van der Waals surface area contributed by atoms with Gasteiger partial charge in [-0.05, 0) is 36.2 Å². The van der Waals surface area contributed by atoms with E-state index in [1.807, 2.05) is 18.2 Å². The maximum absolute atomic E-state index is 12.1. The number of amides is 1. The normalized spacial score (nSPS) is 14.3. The number of nitrogens with zero attached hydrogens (tertiary/aromatic N) is 3. The van der Waals surface area contributed by atoms with Crippen molar-refractivity contribution in [3.63, 3.8) is 0 Å². The third-order valence-electron chi connectivity index (χ3n) is 3.22. The Morgan fingerprint density at radius 2 is 2.00 bits per heavy atom. The summed E-state index contributed by atoms with van der Waals surface area (Å²) in [4.78, 5) is 22.2. The van der Waals surface area contributed by atoms with E-state index >= 15 is 0 Å². The third kappa shape index (κ3) is 2.27. The van der Waals surface area contributed by atoms with E-state index in [4.69, 9.17) is 5.73 Å². The van der Waals surface area contributed by atoms with E-state index in [2.05, 4.69) is 9.97 Å². The van der Waals surface area contributed by atoms with Gasteiger partial charge < -0.3 is 10.6 Å². The monoisotopic (exact) mass is 254 g/mol. The van der Waals surface area contributed by atoms with Crippen LogP contribution in [-0.4, -0.2) is 15.9 Å². The van der Waals surface area contributed by atoms with Gasteiger partial charge in [-0.1, -0.05) is 0 Å². The SMILES string of the molecule is Nc1ccc2c(c1)CCC(=O)N2Cc1ncccn1. The van der Waals surface area contributed by atoms with Crippen molar-refractivity contribution < 1.29 is 4.79 Å². The van der Waals surface area contributed by atoms with E-state index in [0.717, 1.165) is 23.4 Å². The van der Waals surface area contributed by atoms with Crippen molar-refractivity contribution in [2.24, 2.45) is 0 Å². The Morgan fingerprint density at radius 3 is 2.79 bits per heavy atom. The van der Waals surface area contributed by atoms with Gasteiger partial charge in [0.05, 0.1) is 6.54 Å². The van der Waals surface area contributed by atoms with Crippen LogP contribution < -0.4 is 10.6 Å². The molecule has 0 bridgehead atoms. The molecule has 5 nitrogen and oxygen atoms in total. The number of carbonyl (C=O) groups is 1. The molecular weight excluding hydrogens is 240 g/mol. The highest BCUT2D eigenvalue weighted by molar-refractivity contribution is 5.96. The smallest absolute Gasteiger partial charge is 0.227 e. The van der Waals surface area contributed by atoms with Crippen LogP contribution in [0.4, 0.5) is 11.4 Å². The van der Waals surface area contributed by atoms with Gasteiger partial charge in [0.2, 0.25) is 5.91 Å². The van der Waals surface area contributed by atoms with Gasteiger partial charge in [0.25, 0.3) is 0 Å². The summed E-state index contributed by atoms with van der Waals surface area (Å²) in [6.07, 6.45) is 4.61. The van der Waals surface area contributed by atoms with Crippen LogP contribution in [0, 0.1) is 0 Å². The van der Waals surface area contributed by atoms with Crippen molar-refractivity contribution in [3.8, 4) is 0 Å². The van der Waals surface area contributed by atoms with Crippen LogP contribution in [0.3, 0.4) is 0 Å². The van der Waals surface area contributed by atoms with Crippen LogP contribution in [0.5, 0.6) is 0 Å². The van der Waals surface area contributed by atoms with Gasteiger partial charge in [0, 0.05) is 30.2 Å². The van der Waals surface area contributed by atoms with Crippen LogP contribution in [0.2, 0.25) is 0 Å². The number of carbonyl (C=O) groups excluding carboxylic acids is 1. The van der Waals surface area contributed by atoms with E-state index in [-0.39, 0.29) is 5.91 Å². The van der Waals surface area contributed by atoms with Crippen molar-refractivity contribution in [1.29, 1.82) is 0 Å². The molecule has 1 aromatic carbocycles. The topological polar surface area (TPSA) is 72.1 Å². The zero-order valence-electron chi connectivity index (χ0n) is 10.4. The van der Waals surface area contributed by atoms with Gasteiger partial charge in [-0.3, -0.25) is 4.79 Å². The first-order valence-electron chi connectivity index (χ1n) is 6.19. The predicted molar refractivity (Wildman–Crippen MR) is 72.4 cm³/mol. The van der Waals surface area contributed by atoms with Gasteiger partial charge in [-0.15, -0.1) is 0 Å². The number of aryl methyl sites for hydroxylation is 1. The number of rotatable bonds is 2. The van der Waals surface area contributed by atoms with Crippen LogP contribution in [0.25, 0.3) is 0 Å². The molecule has 2 heterocycles. The highest BCUT2D eigenvalue weighted by Gasteiger charge is 2.24. The van der Waals surface area contributed by atoms with E-state index in [1.54, 1.807) is 23.4 Å². The number of benzene rings is 1. The fourth-order valence-corrected chi connectivity index (χ4v) is 2.31. The summed E-state index contributed by atoms with van der Waals surface area (Å²) >= 11 is 0. The number of nitrogens with two attached hydrogens (primary N) is 1. The maximum Gasteiger partial charge on any atom is 0.227 e. The molecule has 5 heteroatoms. The summed E-state index contributed by atoms with van der Waals surface area (Å²) in [6.45, 7) is 0.399. The Hall–Kier alpha value is -2.43. The first-order chi connectivity index (χ1) is 9.24. The van der Waals surface area contributed by atoms with Gasteiger partial charge >= 0.3 is 0 Å². The first kappa shape index (κ1) is 11.6. The zero-order chi connectivity index (χ0) is 13.2. The molecule has 0 spiro atoms. The number of nitrogen functional groups attached to an aromatic ring is 1. The predicted octanol–water partition coefficient (Wildman–Crippen LogP) is 1.54. The Bertz CT molecular complexity index is 612. The molecule has 1 aromatic heterocycles. The summed E-state index contributed by atoms with van der Waals surface area (Å²) in [5.74, 6) is 0.741. The molecule has 1 amide bonds. The van der Waals surface area contributed by atoms with E-state index in [0.29, 0.717) is 18.8 Å². The molecule has 0 saturated carbocycles. The largest absolute Gasteiger partial charge is 0.399 e. The number of hydrogen-bond donors (Lipinski definition) is 1. The lowest BCUT2D eigenvalue weighted by atomic mass is 10.0. The Morgan fingerprint density at radius 1 is 1.21 bits per heavy atom. The number of fused-ring (bicyclic) bond motifs is 1. The summed E-state index contributed by atoms with van der Waals surface area (Å²) in [6, 6.07) is 7.40. The minimum atomic E-state index is 0.102. The molecule has 0 saturated heterocycles. The molecule has 0 radical (unpaired) electrons. The van der Waals surface area contributed by atoms with Gasteiger partial charge in [-0.25, -0.2) is 9.97 Å². The molecule has 1 aliphatic heterocycles. The van der Waals surface area contributed by atoms with Crippen LogP contribution in [0.1, 0.15) is 17.8 Å². The zero-order valence-corrected chi connectivity index (χ0v) is 10.4. The van der Waals surface area contributed by atoms with E-state index < -0.39 is 0 Å². The Kier molecular flexibility index (Phi) is 2.87. The molecule has 3 rings (SSSR count). The van der Waals surface area contributed by atoms with Gasteiger partial charge in [0.15, 0.2) is 0 Å². The fourth-order valence-electron chi connectivity index (χ4n) is 2.31. The lowest BCUT2D eigenvalue weighted by Gasteiger charge is -2.29. The lowest BCUT2D eigenvalue weighted by Crippen LogP contribution is -2.35. The summed E-state index contributed by atoms with van der Waals surface area (Å²) in [5.41, 5.74) is 8.53. The average molecular weight is 254 g/mol. The van der Waals surface area contributed by atoms with E-state index in [1.165, 1.54) is 0 Å². The fraction of sp³-hybridized carbons (Fsp3) is 0.214. The quantitative estimate of drug-likeness (QED) is 0.825. The molecule has 2 aromatic rings. The molecule has 96 valence electrons. The van der Waals surface area contributed by atoms with Crippen LogP contribution in [-0.2, 0) is 17.8 Å². The summed E-state index contributed by atoms with van der Waals surface area (Å²) in [5, 5.41) is 0. The molecule has 2 N–H and O–H groups in total. The van der Waals surface area contributed by atoms with Crippen molar-refractivity contribution >= 4 is 17.3 Å². The molecule has 19 heavy (non-hydrogen) atoms. The number of hydrogen-bond acceptors (Lipinski definition) is 4. The first-order valence-corrected chi connectivity index (χ1v) is 6.19. The average Bonchev–Trinajstić information content (AvgIpc) is 2.43. The second-order valence-electron chi connectivity index (χ2n) is 4.53. The minimum Gasteiger partial charge on any atom is -0.399 e. The number of aromatic nitrogens is 2. The van der Waals surface area contributed by atoms with E-state index in [9.17, 15) is 4.79 Å². The van der Waals surface area contributed by atoms with Crippen molar-refractivity contribution in [1.82, 2.24) is 9.97 Å². The molecule has 1 aliphatic rings. The molecule has 0 unspecified atom stereocenters. The Labute approximate surface area is 111 Å². The second kappa shape index (κ2) is 4.68. The van der Waals surface area contributed by atoms with Gasteiger partial charge in [-0.2, -0.15) is 0 Å². The molecule has 0 aliphatic carbocycles. The van der Waals surface area contributed by atoms with Gasteiger partial charge in [0.1, 0.15) is 5.82 Å². The third-order valence-corrected chi connectivity index (χ3v) is 3.22.